The summed E-state index contributed by atoms with van der Waals surface area (Å²) in [5.74, 6) is -0.245. The number of carbonyl (C=O) groups is 1. The molecule has 2 N–H and O–H groups in total. The van der Waals surface area contributed by atoms with Gasteiger partial charge in [-0.3, -0.25) is 23.6 Å². The summed E-state index contributed by atoms with van der Waals surface area (Å²) >= 11 is 0. The second-order valence-electron chi connectivity index (χ2n) is 13.5. The summed E-state index contributed by atoms with van der Waals surface area (Å²) in [5, 5.41) is 12.1. The quantitative estimate of drug-likeness (QED) is 0.248. The third kappa shape index (κ3) is 6.80. The average molecular weight is 666 g/mol. The minimum Gasteiger partial charge on any atom is -0.381 e. The first-order valence-corrected chi connectivity index (χ1v) is 17.4. The first-order valence-electron chi connectivity index (χ1n) is 17.4. The maximum absolute atomic E-state index is 14.0. The van der Waals surface area contributed by atoms with Crippen LogP contribution in [0.25, 0.3) is 22.2 Å². The molecule has 2 saturated heterocycles. The summed E-state index contributed by atoms with van der Waals surface area (Å²) in [6.45, 7) is 12.2. The molecule has 11 nitrogen and oxygen atoms in total. The van der Waals surface area contributed by atoms with Crippen molar-refractivity contribution in [1.29, 1.82) is 5.26 Å². The summed E-state index contributed by atoms with van der Waals surface area (Å²) in [6.07, 6.45) is 3.45. The van der Waals surface area contributed by atoms with Crippen molar-refractivity contribution >= 4 is 22.6 Å². The van der Waals surface area contributed by atoms with Gasteiger partial charge >= 0.3 is 5.69 Å². The molecule has 49 heavy (non-hydrogen) atoms. The SMILES string of the molecule is CCN(c1cc(-c2ccc3c(c2)n(C)c(=O)n3C2CCN(CC#N)CC2)cc(C(=O)NCc2c(C)cc(C)[nH]c2=O)c1C)C1CCOCC1. The zero-order valence-electron chi connectivity index (χ0n) is 29.3. The van der Waals surface area contributed by atoms with Gasteiger partial charge in [-0.05, 0) is 106 Å². The smallest absolute Gasteiger partial charge is 0.329 e. The van der Waals surface area contributed by atoms with E-state index in [0.29, 0.717) is 30.9 Å². The zero-order valence-corrected chi connectivity index (χ0v) is 29.3. The van der Waals surface area contributed by atoms with Crippen LogP contribution in [0.15, 0.2) is 46.0 Å². The minimum atomic E-state index is -0.245. The first-order chi connectivity index (χ1) is 23.6. The lowest BCUT2D eigenvalue weighted by molar-refractivity contribution is 0.0846. The van der Waals surface area contributed by atoms with E-state index in [4.69, 9.17) is 10.00 Å². The number of imidazole rings is 1. The number of hydrogen-bond acceptors (Lipinski definition) is 7. The number of rotatable bonds is 9. The van der Waals surface area contributed by atoms with E-state index in [1.54, 1.807) is 4.57 Å². The summed E-state index contributed by atoms with van der Waals surface area (Å²) in [5.41, 5.74) is 7.86. The molecule has 2 aromatic carbocycles. The van der Waals surface area contributed by atoms with Gasteiger partial charge in [-0.1, -0.05) is 6.07 Å². The summed E-state index contributed by atoms with van der Waals surface area (Å²) < 4.78 is 9.31. The maximum atomic E-state index is 14.0. The van der Waals surface area contributed by atoms with E-state index in [1.807, 2.05) is 62.7 Å². The number of anilines is 1. The third-order valence-electron chi connectivity index (χ3n) is 10.5. The van der Waals surface area contributed by atoms with Gasteiger partial charge in [0.15, 0.2) is 0 Å². The Balaban J connectivity index is 1.40. The summed E-state index contributed by atoms with van der Waals surface area (Å²) in [4.78, 5) is 47.7. The molecule has 0 unspecified atom stereocenters. The highest BCUT2D eigenvalue weighted by Crippen LogP contribution is 2.35. The number of amides is 1. The lowest BCUT2D eigenvalue weighted by Gasteiger charge is -2.37. The van der Waals surface area contributed by atoms with E-state index in [9.17, 15) is 14.4 Å². The summed E-state index contributed by atoms with van der Waals surface area (Å²) in [7, 11) is 1.81. The lowest BCUT2D eigenvalue weighted by atomic mass is 9.95. The molecular formula is C38H47N7O4. The molecule has 0 atom stereocenters. The van der Waals surface area contributed by atoms with E-state index in [0.717, 1.165) is 90.0 Å². The van der Waals surface area contributed by atoms with Crippen molar-refractivity contribution in [3.05, 3.63) is 85.2 Å². The van der Waals surface area contributed by atoms with Gasteiger partial charge in [0, 0.05) is 81.0 Å². The molecule has 4 aromatic rings. The number of aryl methyl sites for hydroxylation is 3. The number of nitrogens with zero attached hydrogens (tertiary/aromatic N) is 5. The Kier molecular flexibility index (Phi) is 10.1. The van der Waals surface area contributed by atoms with Gasteiger partial charge < -0.3 is 19.9 Å². The van der Waals surface area contributed by atoms with Crippen molar-refractivity contribution in [2.45, 2.75) is 72.0 Å². The van der Waals surface area contributed by atoms with E-state index in [1.165, 1.54) is 0 Å². The highest BCUT2D eigenvalue weighted by Gasteiger charge is 2.27. The van der Waals surface area contributed by atoms with Gasteiger partial charge in [-0.25, -0.2) is 4.79 Å². The Bertz CT molecular complexity index is 2020. The van der Waals surface area contributed by atoms with Crippen LogP contribution in [0.1, 0.15) is 71.4 Å². The van der Waals surface area contributed by atoms with E-state index < -0.39 is 0 Å². The van der Waals surface area contributed by atoms with Gasteiger partial charge in [-0.15, -0.1) is 0 Å². The maximum Gasteiger partial charge on any atom is 0.329 e. The number of benzene rings is 2. The molecule has 4 heterocycles. The molecule has 11 heteroatoms. The van der Waals surface area contributed by atoms with Crippen LogP contribution in [0.3, 0.4) is 0 Å². The minimum absolute atomic E-state index is 0.0476. The monoisotopic (exact) mass is 665 g/mol. The number of nitrogens with one attached hydrogen (secondary N) is 2. The Morgan fingerprint density at radius 1 is 1.02 bits per heavy atom. The fourth-order valence-electron chi connectivity index (χ4n) is 7.72. The largest absolute Gasteiger partial charge is 0.381 e. The number of hydrogen-bond donors (Lipinski definition) is 2. The molecule has 258 valence electrons. The molecule has 2 aliphatic heterocycles. The number of aromatic nitrogens is 3. The van der Waals surface area contributed by atoms with Crippen molar-refractivity contribution < 1.29 is 9.53 Å². The molecule has 2 aliphatic rings. The molecule has 0 saturated carbocycles. The van der Waals surface area contributed by atoms with Gasteiger partial charge in [-0.2, -0.15) is 5.26 Å². The Labute approximate surface area is 287 Å². The molecule has 6 rings (SSSR count). The zero-order chi connectivity index (χ0) is 34.8. The third-order valence-corrected chi connectivity index (χ3v) is 10.5. The number of fused-ring (bicyclic) bond motifs is 1. The van der Waals surface area contributed by atoms with Crippen molar-refractivity contribution in [2.75, 3.05) is 44.3 Å². The lowest BCUT2D eigenvalue weighted by Crippen LogP contribution is -2.40. The number of aromatic amines is 1. The van der Waals surface area contributed by atoms with E-state index in [2.05, 4.69) is 39.2 Å². The molecule has 1 amide bonds. The van der Waals surface area contributed by atoms with Crippen molar-refractivity contribution in [2.24, 2.45) is 7.05 Å². The summed E-state index contributed by atoms with van der Waals surface area (Å²) in [6, 6.07) is 14.7. The van der Waals surface area contributed by atoms with Crippen LogP contribution in [-0.2, 0) is 18.3 Å². The Morgan fingerprint density at radius 2 is 1.76 bits per heavy atom. The van der Waals surface area contributed by atoms with E-state index >= 15 is 0 Å². The van der Waals surface area contributed by atoms with Crippen molar-refractivity contribution in [3.8, 4) is 17.2 Å². The molecule has 2 fully saturated rings. The van der Waals surface area contributed by atoms with Gasteiger partial charge in [0.1, 0.15) is 0 Å². The number of ether oxygens (including phenoxy) is 1. The van der Waals surface area contributed by atoms with Gasteiger partial charge in [0.2, 0.25) is 0 Å². The van der Waals surface area contributed by atoms with Crippen LogP contribution in [0.4, 0.5) is 5.69 Å². The van der Waals surface area contributed by atoms with Gasteiger partial charge in [0.25, 0.3) is 11.5 Å². The van der Waals surface area contributed by atoms with Crippen LogP contribution in [0.2, 0.25) is 0 Å². The average Bonchev–Trinajstić information content (AvgIpc) is 3.34. The van der Waals surface area contributed by atoms with Crippen LogP contribution in [0, 0.1) is 32.1 Å². The molecule has 0 radical (unpaired) electrons. The predicted molar refractivity (Wildman–Crippen MR) is 192 cm³/mol. The molecule has 0 spiro atoms. The number of pyridine rings is 1. The second-order valence-corrected chi connectivity index (χ2v) is 13.5. The highest BCUT2D eigenvalue weighted by atomic mass is 16.5. The van der Waals surface area contributed by atoms with Crippen LogP contribution >= 0.6 is 0 Å². The number of piperidine rings is 1. The standard InChI is InChI=1S/C38H47N7O4/c1-6-44(29-11-17-49-18-12-29)34-22-28(20-31(26(34)4)36(46)40-23-32-24(2)19-25(3)41-37(32)47)27-7-8-33-35(21-27)42(5)38(48)45(33)30-9-14-43(15-10-30)16-13-39/h7-8,19-22,29-30H,6,9-12,14-18,23H2,1-5H3,(H,40,46)(H,41,47). The predicted octanol–water partition coefficient (Wildman–Crippen LogP) is 4.72. The van der Waals surface area contributed by atoms with Gasteiger partial charge in [0.05, 0.1) is 23.6 Å². The van der Waals surface area contributed by atoms with E-state index in [-0.39, 0.29) is 35.8 Å². The number of H-pyrrole nitrogens is 1. The van der Waals surface area contributed by atoms with Crippen LogP contribution < -0.4 is 21.5 Å². The number of carbonyl (C=O) groups excluding carboxylic acids is 1. The Hall–Kier alpha value is -4.66. The highest BCUT2D eigenvalue weighted by molar-refractivity contribution is 5.99. The first kappa shape index (κ1) is 34.2. The van der Waals surface area contributed by atoms with Crippen LogP contribution in [0.5, 0.6) is 0 Å². The van der Waals surface area contributed by atoms with Crippen molar-refractivity contribution in [1.82, 2.24) is 24.3 Å². The van der Waals surface area contributed by atoms with Crippen molar-refractivity contribution in [3.63, 3.8) is 0 Å². The number of nitriles is 1. The number of likely N-dealkylation sites (tertiary alicyclic amines) is 1. The fourth-order valence-corrected chi connectivity index (χ4v) is 7.72. The molecule has 2 aromatic heterocycles. The normalized spacial score (nSPS) is 16.2. The molecular weight excluding hydrogens is 618 g/mol. The fraction of sp³-hybridized carbons (Fsp3) is 0.474. The molecule has 0 aliphatic carbocycles. The Morgan fingerprint density at radius 3 is 2.43 bits per heavy atom. The topological polar surface area (TPSA) is 128 Å². The molecule has 0 bridgehead atoms. The van der Waals surface area contributed by atoms with Crippen LogP contribution in [-0.4, -0.2) is 70.4 Å². The second kappa shape index (κ2) is 14.4.